The van der Waals surface area contributed by atoms with Crippen LogP contribution < -0.4 is 5.73 Å². The Bertz CT molecular complexity index is 455. The van der Waals surface area contributed by atoms with E-state index in [9.17, 15) is 14.7 Å². The van der Waals surface area contributed by atoms with Gasteiger partial charge in [0.15, 0.2) is 0 Å². The van der Waals surface area contributed by atoms with Crippen LogP contribution in [0.4, 0.5) is 0 Å². The van der Waals surface area contributed by atoms with Gasteiger partial charge in [-0.05, 0) is 24.1 Å². The second kappa shape index (κ2) is 6.33. The van der Waals surface area contributed by atoms with Crippen LogP contribution in [0.1, 0.15) is 48.5 Å². The Morgan fingerprint density at radius 3 is 2.16 bits per heavy atom. The van der Waals surface area contributed by atoms with Crippen molar-refractivity contribution >= 4 is 11.9 Å². The van der Waals surface area contributed by atoms with Crippen LogP contribution in [0, 0.1) is 0 Å². The largest absolute Gasteiger partial charge is 0.480 e. The molecule has 0 bridgehead atoms. The fraction of sp³-hybridized carbons (Fsp3) is 0.429. The summed E-state index contributed by atoms with van der Waals surface area (Å²) in [6.45, 7) is 2.03. The number of hydrogen-bond acceptors (Lipinski definition) is 3. The molecule has 104 valence electrons. The van der Waals surface area contributed by atoms with Crippen LogP contribution in [0.2, 0.25) is 0 Å². The summed E-state index contributed by atoms with van der Waals surface area (Å²) in [5, 5.41) is 18.1. The Morgan fingerprint density at radius 1 is 1.16 bits per heavy atom. The lowest BCUT2D eigenvalue weighted by Crippen LogP contribution is -2.44. The highest BCUT2D eigenvalue weighted by Gasteiger charge is 2.35. The molecule has 1 rings (SSSR count). The van der Waals surface area contributed by atoms with E-state index < -0.39 is 17.5 Å². The van der Waals surface area contributed by atoms with Crippen molar-refractivity contribution in [1.82, 2.24) is 0 Å². The summed E-state index contributed by atoms with van der Waals surface area (Å²) >= 11 is 0. The van der Waals surface area contributed by atoms with E-state index in [2.05, 4.69) is 0 Å². The minimum absolute atomic E-state index is 0.116. The molecule has 0 aliphatic carbocycles. The van der Waals surface area contributed by atoms with Gasteiger partial charge in [-0.15, -0.1) is 0 Å². The van der Waals surface area contributed by atoms with Crippen LogP contribution in [-0.2, 0) is 10.3 Å². The van der Waals surface area contributed by atoms with Crippen molar-refractivity contribution in [3.05, 3.63) is 35.4 Å². The summed E-state index contributed by atoms with van der Waals surface area (Å²) in [5.41, 5.74) is 5.08. The molecule has 0 saturated carbocycles. The number of carboxylic acid groups (broad SMARTS) is 2. The number of carbonyl (C=O) groups is 2. The molecule has 1 aromatic rings. The lowest BCUT2D eigenvalue weighted by molar-refractivity contribution is -0.144. The summed E-state index contributed by atoms with van der Waals surface area (Å²) in [4.78, 5) is 22.2. The number of rotatable bonds is 7. The minimum atomic E-state index is -1.45. The van der Waals surface area contributed by atoms with Crippen molar-refractivity contribution in [1.29, 1.82) is 0 Å². The van der Waals surface area contributed by atoms with Crippen LogP contribution in [0.5, 0.6) is 0 Å². The number of benzene rings is 1. The minimum Gasteiger partial charge on any atom is -0.480 e. The van der Waals surface area contributed by atoms with Crippen LogP contribution in [0.15, 0.2) is 24.3 Å². The first-order valence-electron chi connectivity index (χ1n) is 6.28. The van der Waals surface area contributed by atoms with Crippen molar-refractivity contribution in [2.24, 2.45) is 5.73 Å². The van der Waals surface area contributed by atoms with E-state index in [0.717, 1.165) is 19.3 Å². The summed E-state index contributed by atoms with van der Waals surface area (Å²) in [6, 6.07) is 5.71. The van der Waals surface area contributed by atoms with E-state index in [1.54, 1.807) is 0 Å². The van der Waals surface area contributed by atoms with Crippen LogP contribution in [-0.4, -0.2) is 22.2 Å². The normalized spacial score (nSPS) is 13.8. The second-order valence-corrected chi connectivity index (χ2v) is 4.62. The SMILES string of the molecule is CCCCCC(N)(C(=O)O)c1ccc(C(=O)O)cc1. The maximum Gasteiger partial charge on any atom is 0.335 e. The number of nitrogens with two attached hydrogens (primary N) is 1. The molecule has 0 aliphatic rings. The van der Waals surface area contributed by atoms with Gasteiger partial charge in [-0.3, -0.25) is 0 Å². The first-order chi connectivity index (χ1) is 8.91. The Labute approximate surface area is 112 Å². The molecule has 0 saturated heterocycles. The third-order valence-corrected chi connectivity index (χ3v) is 3.20. The van der Waals surface area contributed by atoms with Gasteiger partial charge in [0, 0.05) is 0 Å². The van der Waals surface area contributed by atoms with Crippen LogP contribution in [0.3, 0.4) is 0 Å². The van der Waals surface area contributed by atoms with E-state index in [1.165, 1.54) is 24.3 Å². The van der Waals surface area contributed by atoms with E-state index in [0.29, 0.717) is 12.0 Å². The molecule has 0 amide bonds. The molecular formula is C14H19NO4. The number of unbranched alkanes of at least 4 members (excludes halogenated alkanes) is 2. The molecule has 5 heteroatoms. The zero-order valence-electron chi connectivity index (χ0n) is 10.9. The molecule has 5 nitrogen and oxygen atoms in total. The highest BCUT2D eigenvalue weighted by atomic mass is 16.4. The third-order valence-electron chi connectivity index (χ3n) is 3.20. The lowest BCUT2D eigenvalue weighted by atomic mass is 9.85. The highest BCUT2D eigenvalue weighted by Crippen LogP contribution is 2.25. The first-order valence-corrected chi connectivity index (χ1v) is 6.28. The summed E-state index contributed by atoms with van der Waals surface area (Å²) in [7, 11) is 0. The van der Waals surface area contributed by atoms with Crippen molar-refractivity contribution in [2.45, 2.75) is 38.1 Å². The van der Waals surface area contributed by atoms with Gasteiger partial charge in [-0.25, -0.2) is 9.59 Å². The predicted molar refractivity (Wildman–Crippen MR) is 71.0 cm³/mol. The molecule has 0 aliphatic heterocycles. The van der Waals surface area contributed by atoms with Gasteiger partial charge in [0.2, 0.25) is 0 Å². The predicted octanol–water partition coefficient (Wildman–Crippen LogP) is 2.20. The topological polar surface area (TPSA) is 101 Å². The van der Waals surface area contributed by atoms with E-state index in [1.807, 2.05) is 6.92 Å². The van der Waals surface area contributed by atoms with Gasteiger partial charge in [-0.1, -0.05) is 38.3 Å². The zero-order chi connectivity index (χ0) is 14.5. The molecular weight excluding hydrogens is 246 g/mol. The smallest absolute Gasteiger partial charge is 0.335 e. The molecule has 0 spiro atoms. The Morgan fingerprint density at radius 2 is 1.74 bits per heavy atom. The maximum absolute atomic E-state index is 11.4. The average molecular weight is 265 g/mol. The second-order valence-electron chi connectivity index (χ2n) is 4.62. The van der Waals surface area contributed by atoms with Gasteiger partial charge in [-0.2, -0.15) is 0 Å². The Kier molecular flexibility index (Phi) is 5.06. The number of carboxylic acids is 2. The molecule has 0 aromatic heterocycles. The molecule has 4 N–H and O–H groups in total. The zero-order valence-corrected chi connectivity index (χ0v) is 10.9. The van der Waals surface area contributed by atoms with Gasteiger partial charge in [0.05, 0.1) is 5.56 Å². The Balaban J connectivity index is 2.98. The average Bonchev–Trinajstić information content (AvgIpc) is 2.38. The molecule has 0 heterocycles. The summed E-state index contributed by atoms with van der Waals surface area (Å²) < 4.78 is 0. The third kappa shape index (κ3) is 3.54. The number of aromatic carboxylic acids is 1. The summed E-state index contributed by atoms with van der Waals surface area (Å²) in [5.74, 6) is -2.14. The summed E-state index contributed by atoms with van der Waals surface area (Å²) in [6.07, 6.45) is 2.95. The van der Waals surface area contributed by atoms with Crippen LogP contribution in [0.25, 0.3) is 0 Å². The van der Waals surface area contributed by atoms with Crippen molar-refractivity contribution in [2.75, 3.05) is 0 Å². The number of hydrogen-bond donors (Lipinski definition) is 3. The molecule has 1 atom stereocenters. The highest BCUT2D eigenvalue weighted by molar-refractivity contribution is 5.88. The first kappa shape index (κ1) is 15.2. The molecule has 0 radical (unpaired) electrons. The van der Waals surface area contributed by atoms with Crippen molar-refractivity contribution in [3.8, 4) is 0 Å². The van der Waals surface area contributed by atoms with Gasteiger partial charge in [0.25, 0.3) is 0 Å². The maximum atomic E-state index is 11.4. The van der Waals surface area contributed by atoms with E-state index in [4.69, 9.17) is 10.8 Å². The Hall–Kier alpha value is -1.88. The van der Waals surface area contributed by atoms with Crippen molar-refractivity contribution < 1.29 is 19.8 Å². The standard InChI is InChI=1S/C14H19NO4/c1-2-3-4-9-14(15,13(18)19)11-7-5-10(6-8-11)12(16)17/h5-8H,2-4,9,15H2,1H3,(H,16,17)(H,18,19). The molecule has 1 unspecified atom stereocenters. The van der Waals surface area contributed by atoms with Gasteiger partial charge >= 0.3 is 11.9 Å². The number of aliphatic carboxylic acids is 1. The van der Waals surface area contributed by atoms with Crippen molar-refractivity contribution in [3.63, 3.8) is 0 Å². The van der Waals surface area contributed by atoms with E-state index in [-0.39, 0.29) is 5.56 Å². The fourth-order valence-corrected chi connectivity index (χ4v) is 1.94. The monoisotopic (exact) mass is 265 g/mol. The fourth-order valence-electron chi connectivity index (χ4n) is 1.94. The molecule has 1 aromatic carbocycles. The molecule has 0 fully saturated rings. The van der Waals surface area contributed by atoms with Gasteiger partial charge < -0.3 is 15.9 Å². The van der Waals surface area contributed by atoms with Gasteiger partial charge in [0.1, 0.15) is 5.54 Å². The quantitative estimate of drug-likeness (QED) is 0.656. The molecule has 19 heavy (non-hydrogen) atoms. The lowest BCUT2D eigenvalue weighted by Gasteiger charge is -2.25. The van der Waals surface area contributed by atoms with E-state index >= 15 is 0 Å². The van der Waals surface area contributed by atoms with Crippen LogP contribution >= 0.6 is 0 Å².